The molecule has 2 aromatic carbocycles. The van der Waals surface area contributed by atoms with Gasteiger partial charge in [-0.2, -0.15) is 4.31 Å². The summed E-state index contributed by atoms with van der Waals surface area (Å²) in [7, 11) is -4.88. The normalized spacial score (nSPS) is 21.5. The highest BCUT2D eigenvalue weighted by Gasteiger charge is 2.38. The molecule has 168 valence electrons. The van der Waals surface area contributed by atoms with Crippen LogP contribution in [0.1, 0.15) is 38.3 Å². The van der Waals surface area contributed by atoms with Crippen LogP contribution in [-0.4, -0.2) is 40.8 Å². The summed E-state index contributed by atoms with van der Waals surface area (Å²) in [5.41, 5.74) is 2.84. The van der Waals surface area contributed by atoms with Crippen molar-refractivity contribution in [3.05, 3.63) is 72.3 Å². The molecule has 7 heteroatoms. The summed E-state index contributed by atoms with van der Waals surface area (Å²) in [5, 5.41) is 0. The lowest BCUT2D eigenvalue weighted by atomic mass is 9.84. The lowest BCUT2D eigenvalue weighted by Crippen LogP contribution is -2.53. The van der Waals surface area contributed by atoms with Crippen LogP contribution in [0.3, 0.4) is 0 Å². The number of nitrogens with zero attached hydrogens (tertiary/aromatic N) is 1. The van der Waals surface area contributed by atoms with E-state index in [0.717, 1.165) is 16.7 Å². The molecular weight excluding hydrogens is 428 g/mol. The van der Waals surface area contributed by atoms with Crippen LogP contribution in [0.4, 0.5) is 0 Å². The van der Waals surface area contributed by atoms with E-state index in [-0.39, 0.29) is 12.0 Å². The van der Waals surface area contributed by atoms with Crippen LogP contribution in [0.15, 0.2) is 66.1 Å². The summed E-state index contributed by atoms with van der Waals surface area (Å²) < 4.78 is 43.8. The molecule has 0 amide bonds. The minimum atomic E-state index is -3.62. The zero-order chi connectivity index (χ0) is 22.8. The van der Waals surface area contributed by atoms with E-state index >= 15 is 0 Å². The van der Waals surface area contributed by atoms with Gasteiger partial charge in [0.1, 0.15) is 0 Å². The third-order valence-corrected chi connectivity index (χ3v) is 9.15. The highest BCUT2D eigenvalue weighted by molar-refractivity contribution is 7.89. The van der Waals surface area contributed by atoms with Gasteiger partial charge in [0.15, 0.2) is 0 Å². The molecular formula is C24H32N2O3S2. The molecule has 1 heterocycles. The summed E-state index contributed by atoms with van der Waals surface area (Å²) >= 11 is 0. The van der Waals surface area contributed by atoms with Crippen molar-refractivity contribution in [2.24, 2.45) is 5.92 Å². The second-order valence-electron chi connectivity index (χ2n) is 9.07. The van der Waals surface area contributed by atoms with Gasteiger partial charge in [0.2, 0.25) is 10.0 Å². The number of benzene rings is 2. The summed E-state index contributed by atoms with van der Waals surface area (Å²) in [4.78, 5) is 0.298. The minimum Gasteiger partial charge on any atom is -0.242 e. The van der Waals surface area contributed by atoms with Crippen molar-refractivity contribution < 1.29 is 12.6 Å². The Labute approximate surface area is 189 Å². The van der Waals surface area contributed by atoms with Gasteiger partial charge in [0, 0.05) is 25.0 Å². The van der Waals surface area contributed by atoms with Gasteiger partial charge in [-0.3, -0.25) is 0 Å². The van der Waals surface area contributed by atoms with Gasteiger partial charge in [0.25, 0.3) is 0 Å². The Balaban J connectivity index is 1.90. The maximum absolute atomic E-state index is 13.3. The monoisotopic (exact) mass is 460 g/mol. The van der Waals surface area contributed by atoms with Gasteiger partial charge in [0.05, 0.1) is 20.6 Å². The Morgan fingerprint density at radius 1 is 1.10 bits per heavy atom. The van der Waals surface area contributed by atoms with E-state index < -0.39 is 25.8 Å². The van der Waals surface area contributed by atoms with Crippen LogP contribution in [-0.2, 0) is 21.0 Å². The first-order valence-electron chi connectivity index (χ1n) is 10.5. The van der Waals surface area contributed by atoms with Crippen molar-refractivity contribution in [3.63, 3.8) is 0 Å². The molecule has 0 spiro atoms. The predicted molar refractivity (Wildman–Crippen MR) is 128 cm³/mol. The highest BCUT2D eigenvalue weighted by Crippen LogP contribution is 2.33. The van der Waals surface area contributed by atoms with Crippen LogP contribution in [0.2, 0.25) is 0 Å². The third kappa shape index (κ3) is 5.52. The molecule has 0 saturated carbocycles. The Morgan fingerprint density at radius 3 is 2.29 bits per heavy atom. The molecule has 0 bridgehead atoms. The van der Waals surface area contributed by atoms with Gasteiger partial charge in [-0.25, -0.2) is 17.3 Å². The SMILES string of the molecule is C=C(c1ccccc1)[C@H]1CN(S(=O)(=O)c2ccc(C)cc2)CC[C@H]1NS(=O)C(C)(C)C. The summed E-state index contributed by atoms with van der Waals surface area (Å²) in [6, 6.07) is 16.6. The molecule has 3 rings (SSSR count). The molecule has 0 radical (unpaired) electrons. The first kappa shape index (κ1) is 23.9. The van der Waals surface area contributed by atoms with E-state index in [4.69, 9.17) is 0 Å². The van der Waals surface area contributed by atoms with Crippen LogP contribution in [0, 0.1) is 12.8 Å². The van der Waals surface area contributed by atoms with E-state index in [9.17, 15) is 12.6 Å². The molecule has 3 atom stereocenters. The molecule has 1 saturated heterocycles. The first-order valence-corrected chi connectivity index (χ1v) is 13.1. The quantitative estimate of drug-likeness (QED) is 0.705. The van der Waals surface area contributed by atoms with Crippen molar-refractivity contribution in [2.75, 3.05) is 13.1 Å². The molecule has 1 fully saturated rings. The Hall–Kier alpha value is -1.80. The van der Waals surface area contributed by atoms with Gasteiger partial charge < -0.3 is 0 Å². The number of hydrogen-bond acceptors (Lipinski definition) is 3. The fourth-order valence-electron chi connectivity index (χ4n) is 3.67. The van der Waals surface area contributed by atoms with Crippen molar-refractivity contribution in [2.45, 2.75) is 49.8 Å². The number of piperidine rings is 1. The molecule has 0 aromatic heterocycles. The first-order chi connectivity index (χ1) is 14.5. The number of hydrogen-bond donors (Lipinski definition) is 1. The maximum Gasteiger partial charge on any atom is 0.243 e. The van der Waals surface area contributed by atoms with Crippen LogP contribution < -0.4 is 4.72 Å². The minimum absolute atomic E-state index is 0.128. The molecule has 2 aromatic rings. The van der Waals surface area contributed by atoms with Crippen molar-refractivity contribution in [3.8, 4) is 0 Å². The van der Waals surface area contributed by atoms with Gasteiger partial charge in [-0.05, 0) is 57.4 Å². The highest BCUT2D eigenvalue weighted by atomic mass is 32.2. The fraction of sp³-hybridized carbons (Fsp3) is 0.417. The number of aryl methyl sites for hydroxylation is 1. The summed E-state index contributed by atoms with van der Waals surface area (Å²) in [6.07, 6.45) is 0.559. The largest absolute Gasteiger partial charge is 0.243 e. The molecule has 1 aliphatic rings. The fourth-order valence-corrected chi connectivity index (χ4v) is 6.07. The third-order valence-electron chi connectivity index (χ3n) is 5.64. The van der Waals surface area contributed by atoms with Gasteiger partial charge >= 0.3 is 0 Å². The Bertz CT molecular complexity index is 1040. The topological polar surface area (TPSA) is 66.5 Å². The standard InChI is InChI=1S/C24H32N2O3S2/c1-18-11-13-21(14-12-18)31(28,29)26-16-15-23(25-30(27)24(3,4)5)22(17-26)19(2)20-9-7-6-8-10-20/h6-14,22-23,25H,2,15-17H2,1,3-5H3/t22-,23-,30?/m1/s1. The Kier molecular flexibility index (Phi) is 7.21. The van der Waals surface area contributed by atoms with Gasteiger partial charge in [-0.1, -0.05) is 54.6 Å². The van der Waals surface area contributed by atoms with E-state index in [1.54, 1.807) is 12.1 Å². The zero-order valence-corrected chi connectivity index (χ0v) is 20.3. The van der Waals surface area contributed by atoms with Crippen molar-refractivity contribution in [1.82, 2.24) is 9.03 Å². The Morgan fingerprint density at radius 2 is 1.71 bits per heavy atom. The van der Waals surface area contributed by atoms with Crippen molar-refractivity contribution in [1.29, 1.82) is 0 Å². The number of rotatable bonds is 6. The van der Waals surface area contributed by atoms with Gasteiger partial charge in [-0.15, -0.1) is 0 Å². The molecule has 5 nitrogen and oxygen atoms in total. The summed E-state index contributed by atoms with van der Waals surface area (Å²) in [6.45, 7) is 12.7. The smallest absolute Gasteiger partial charge is 0.242 e. The average molecular weight is 461 g/mol. The van der Waals surface area contributed by atoms with E-state index in [1.807, 2.05) is 70.2 Å². The van der Waals surface area contributed by atoms with Crippen LogP contribution in [0.25, 0.3) is 5.57 Å². The van der Waals surface area contributed by atoms with Crippen molar-refractivity contribution >= 4 is 26.6 Å². The van der Waals surface area contributed by atoms with Crippen LogP contribution in [0.5, 0.6) is 0 Å². The summed E-state index contributed by atoms with van der Waals surface area (Å²) in [5.74, 6) is -0.192. The second-order valence-corrected chi connectivity index (χ2v) is 13.0. The average Bonchev–Trinajstić information content (AvgIpc) is 2.73. The number of nitrogens with one attached hydrogen (secondary N) is 1. The van der Waals surface area contributed by atoms with E-state index in [2.05, 4.69) is 11.3 Å². The number of sulfonamides is 1. The lowest BCUT2D eigenvalue weighted by Gasteiger charge is -2.40. The maximum atomic E-state index is 13.3. The lowest BCUT2D eigenvalue weighted by molar-refractivity contribution is 0.265. The van der Waals surface area contributed by atoms with E-state index in [0.29, 0.717) is 24.4 Å². The molecule has 1 aliphatic heterocycles. The zero-order valence-electron chi connectivity index (χ0n) is 18.7. The molecule has 31 heavy (non-hydrogen) atoms. The predicted octanol–water partition coefficient (Wildman–Crippen LogP) is 4.14. The molecule has 0 aliphatic carbocycles. The second kappa shape index (κ2) is 9.36. The molecule has 1 N–H and O–H groups in total. The molecule has 1 unspecified atom stereocenters. The van der Waals surface area contributed by atoms with Crippen LogP contribution >= 0.6 is 0 Å². The van der Waals surface area contributed by atoms with E-state index in [1.165, 1.54) is 4.31 Å².